The fourth-order valence-electron chi connectivity index (χ4n) is 3.15. The average Bonchev–Trinajstić information content (AvgIpc) is 3.09. The summed E-state index contributed by atoms with van der Waals surface area (Å²) in [6, 6.07) is 12.7. The normalized spacial score (nSPS) is 15.7. The van der Waals surface area contributed by atoms with E-state index in [1.165, 1.54) is 15.6 Å². The number of hydrogen-bond acceptors (Lipinski definition) is 6. The Labute approximate surface area is 166 Å². The number of benzene rings is 2. The first-order valence-corrected chi connectivity index (χ1v) is 11.1. The Morgan fingerprint density at radius 2 is 1.89 bits per heavy atom. The highest BCUT2D eigenvalue weighted by Gasteiger charge is 2.26. The van der Waals surface area contributed by atoms with E-state index in [4.69, 9.17) is 10.5 Å². The first-order valence-electron chi connectivity index (χ1n) is 8.79. The first kappa shape index (κ1) is 19.0. The molecule has 1 amide bonds. The fourth-order valence-corrected chi connectivity index (χ4v) is 5.62. The number of nitrogens with two attached hydrogens (primary N) is 1. The van der Waals surface area contributed by atoms with Crippen molar-refractivity contribution in [3.8, 4) is 11.1 Å². The van der Waals surface area contributed by atoms with Gasteiger partial charge in [-0.2, -0.15) is 4.31 Å². The minimum Gasteiger partial charge on any atom is -0.379 e. The molecule has 2 heterocycles. The van der Waals surface area contributed by atoms with Crippen LogP contribution in [-0.4, -0.2) is 49.9 Å². The molecule has 4 rings (SSSR count). The van der Waals surface area contributed by atoms with E-state index in [1.807, 2.05) is 24.3 Å². The van der Waals surface area contributed by atoms with Crippen molar-refractivity contribution in [2.45, 2.75) is 11.3 Å². The fraction of sp³-hybridized carbons (Fsp3) is 0.263. The van der Waals surface area contributed by atoms with Crippen molar-refractivity contribution in [2.24, 2.45) is 5.73 Å². The van der Waals surface area contributed by atoms with Crippen LogP contribution in [0, 0.1) is 0 Å². The lowest BCUT2D eigenvalue weighted by molar-refractivity contribution is -0.117. The van der Waals surface area contributed by atoms with Crippen LogP contribution < -0.4 is 5.73 Å². The molecule has 7 nitrogen and oxygen atoms in total. The predicted octanol–water partition coefficient (Wildman–Crippen LogP) is 2.01. The Hall–Kier alpha value is -2.33. The number of primary amides is 1. The molecule has 146 valence electrons. The highest BCUT2D eigenvalue weighted by atomic mass is 32.2. The average molecular weight is 418 g/mol. The third-order valence-corrected chi connectivity index (χ3v) is 7.45. The summed E-state index contributed by atoms with van der Waals surface area (Å²) in [7, 11) is -3.55. The van der Waals surface area contributed by atoms with Gasteiger partial charge in [0.15, 0.2) is 0 Å². The van der Waals surface area contributed by atoms with Crippen molar-refractivity contribution in [3.05, 3.63) is 47.5 Å². The molecule has 0 bridgehead atoms. The molecule has 2 aromatic carbocycles. The molecule has 28 heavy (non-hydrogen) atoms. The van der Waals surface area contributed by atoms with Crippen LogP contribution in [0.4, 0.5) is 0 Å². The van der Waals surface area contributed by atoms with Gasteiger partial charge in [-0.15, -0.1) is 11.3 Å². The van der Waals surface area contributed by atoms with Crippen molar-refractivity contribution in [1.82, 2.24) is 9.29 Å². The number of thiazole rings is 1. The molecule has 0 aliphatic carbocycles. The molecular formula is C19H19N3O4S2. The van der Waals surface area contributed by atoms with Crippen molar-refractivity contribution in [3.63, 3.8) is 0 Å². The van der Waals surface area contributed by atoms with Crippen LogP contribution in [0.5, 0.6) is 0 Å². The van der Waals surface area contributed by atoms with Crippen LogP contribution in [0.3, 0.4) is 0 Å². The van der Waals surface area contributed by atoms with Gasteiger partial charge in [0.2, 0.25) is 15.9 Å². The smallest absolute Gasteiger partial charge is 0.243 e. The molecule has 1 fully saturated rings. The standard InChI is InChI=1S/C19H19N3O4S2/c20-18(23)12-19-21-16-5-4-14(11-17(16)27-19)13-2-1-3-15(10-13)28(24,25)22-6-8-26-9-7-22/h1-5,10-11H,6-9,12H2,(H2,20,23). The lowest BCUT2D eigenvalue weighted by atomic mass is 10.1. The number of amides is 1. The van der Waals surface area contributed by atoms with Crippen molar-refractivity contribution in [1.29, 1.82) is 0 Å². The maximum absolute atomic E-state index is 12.9. The number of morpholine rings is 1. The summed E-state index contributed by atoms with van der Waals surface area (Å²) < 4.78 is 33.4. The van der Waals surface area contributed by atoms with Gasteiger partial charge in [0.25, 0.3) is 0 Å². The maximum atomic E-state index is 12.9. The zero-order valence-corrected chi connectivity index (χ0v) is 16.6. The molecule has 1 saturated heterocycles. The molecule has 1 aliphatic heterocycles. The summed E-state index contributed by atoms with van der Waals surface area (Å²) in [5, 5.41) is 0.670. The molecule has 0 spiro atoms. The topological polar surface area (TPSA) is 103 Å². The second-order valence-corrected chi connectivity index (χ2v) is 9.53. The van der Waals surface area contributed by atoms with Gasteiger partial charge in [-0.3, -0.25) is 4.79 Å². The van der Waals surface area contributed by atoms with Crippen LogP contribution in [0.1, 0.15) is 5.01 Å². The number of rotatable bonds is 5. The summed E-state index contributed by atoms with van der Waals surface area (Å²) in [5.74, 6) is -0.416. The zero-order valence-electron chi connectivity index (χ0n) is 15.0. The van der Waals surface area contributed by atoms with E-state index in [-0.39, 0.29) is 11.3 Å². The monoisotopic (exact) mass is 417 g/mol. The quantitative estimate of drug-likeness (QED) is 0.684. The van der Waals surface area contributed by atoms with E-state index in [0.29, 0.717) is 31.3 Å². The summed E-state index contributed by atoms with van der Waals surface area (Å²) in [6.07, 6.45) is 0.113. The Morgan fingerprint density at radius 1 is 1.14 bits per heavy atom. The van der Waals surface area contributed by atoms with Crippen LogP contribution in [-0.2, 0) is 26.0 Å². The minimum atomic E-state index is -3.55. The van der Waals surface area contributed by atoms with E-state index in [1.54, 1.807) is 18.2 Å². The summed E-state index contributed by atoms with van der Waals surface area (Å²) in [6.45, 7) is 1.55. The van der Waals surface area contributed by atoms with Crippen LogP contribution in [0.2, 0.25) is 0 Å². The molecule has 1 aromatic heterocycles. The van der Waals surface area contributed by atoms with Gasteiger partial charge < -0.3 is 10.5 Å². The number of carbonyl (C=O) groups excluding carboxylic acids is 1. The lowest BCUT2D eigenvalue weighted by Gasteiger charge is -2.26. The summed E-state index contributed by atoms with van der Waals surface area (Å²) >= 11 is 1.41. The highest BCUT2D eigenvalue weighted by Crippen LogP contribution is 2.30. The van der Waals surface area contributed by atoms with E-state index in [9.17, 15) is 13.2 Å². The predicted molar refractivity (Wildman–Crippen MR) is 108 cm³/mol. The molecule has 3 aromatic rings. The van der Waals surface area contributed by atoms with Gasteiger partial charge in [-0.25, -0.2) is 13.4 Å². The van der Waals surface area contributed by atoms with E-state index in [0.717, 1.165) is 21.3 Å². The third kappa shape index (κ3) is 3.79. The second kappa shape index (κ2) is 7.59. The van der Waals surface area contributed by atoms with Gasteiger partial charge in [0.1, 0.15) is 5.01 Å². The van der Waals surface area contributed by atoms with E-state index in [2.05, 4.69) is 4.98 Å². The Balaban J connectivity index is 1.68. The van der Waals surface area contributed by atoms with Crippen LogP contribution >= 0.6 is 11.3 Å². The SMILES string of the molecule is NC(=O)Cc1nc2ccc(-c3cccc(S(=O)(=O)N4CCOCC4)c3)cc2s1. The van der Waals surface area contributed by atoms with E-state index >= 15 is 0 Å². The number of hydrogen-bond donors (Lipinski definition) is 1. The van der Waals surface area contributed by atoms with Gasteiger partial charge in [0.05, 0.1) is 34.7 Å². The lowest BCUT2D eigenvalue weighted by Crippen LogP contribution is -2.40. The Morgan fingerprint density at radius 3 is 2.64 bits per heavy atom. The van der Waals surface area contributed by atoms with Gasteiger partial charge in [-0.1, -0.05) is 18.2 Å². The maximum Gasteiger partial charge on any atom is 0.243 e. The number of ether oxygens (including phenoxy) is 1. The largest absolute Gasteiger partial charge is 0.379 e. The van der Waals surface area contributed by atoms with E-state index < -0.39 is 15.9 Å². The Bertz CT molecular complexity index is 1140. The molecule has 0 unspecified atom stereocenters. The summed E-state index contributed by atoms with van der Waals surface area (Å²) in [4.78, 5) is 15.8. The number of carbonyl (C=O) groups is 1. The van der Waals surface area contributed by atoms with Crippen LogP contribution in [0.15, 0.2) is 47.4 Å². The van der Waals surface area contributed by atoms with Crippen molar-refractivity contribution in [2.75, 3.05) is 26.3 Å². The molecule has 1 aliphatic rings. The number of fused-ring (bicyclic) bond motifs is 1. The van der Waals surface area contributed by atoms with Crippen molar-refractivity contribution < 1.29 is 17.9 Å². The number of nitrogens with zero attached hydrogens (tertiary/aromatic N) is 2. The number of sulfonamides is 1. The minimum absolute atomic E-state index is 0.113. The molecule has 0 saturated carbocycles. The first-order chi connectivity index (χ1) is 13.4. The second-order valence-electron chi connectivity index (χ2n) is 6.48. The molecular weight excluding hydrogens is 398 g/mol. The zero-order chi connectivity index (χ0) is 19.7. The molecule has 0 atom stereocenters. The van der Waals surface area contributed by atoms with Gasteiger partial charge in [-0.05, 0) is 35.4 Å². The highest BCUT2D eigenvalue weighted by molar-refractivity contribution is 7.89. The summed E-state index contributed by atoms with van der Waals surface area (Å²) in [5.41, 5.74) is 7.73. The third-order valence-electron chi connectivity index (χ3n) is 4.53. The van der Waals surface area contributed by atoms with Gasteiger partial charge in [0, 0.05) is 13.1 Å². The van der Waals surface area contributed by atoms with Crippen molar-refractivity contribution >= 4 is 37.5 Å². The molecule has 9 heteroatoms. The van der Waals surface area contributed by atoms with Gasteiger partial charge >= 0.3 is 0 Å². The molecule has 0 radical (unpaired) electrons. The number of aromatic nitrogens is 1. The van der Waals surface area contributed by atoms with Crippen LogP contribution in [0.25, 0.3) is 21.3 Å². The Kier molecular flexibility index (Phi) is 5.15. The molecule has 2 N–H and O–H groups in total.